The van der Waals surface area contributed by atoms with Gasteiger partial charge in [-0.05, 0) is 85.1 Å². The summed E-state index contributed by atoms with van der Waals surface area (Å²) in [6, 6.07) is 10.4. The number of halogens is 1. The summed E-state index contributed by atoms with van der Waals surface area (Å²) >= 11 is 0. The zero-order valence-electron chi connectivity index (χ0n) is 20.7. The molecule has 0 N–H and O–H groups in total. The number of aryl methyl sites for hydroxylation is 2. The van der Waals surface area contributed by atoms with Crippen molar-refractivity contribution in [3.63, 3.8) is 0 Å². The SMILES string of the molecule is CCCCCC1CCC(C2CCC(CCc3ccc4cc(CC)ccc4c3F)CC2)CC1. The van der Waals surface area contributed by atoms with Gasteiger partial charge in [0.15, 0.2) is 0 Å². The van der Waals surface area contributed by atoms with Crippen LogP contribution >= 0.6 is 0 Å². The molecule has 0 atom stereocenters. The van der Waals surface area contributed by atoms with Gasteiger partial charge in [-0.3, -0.25) is 0 Å². The average Bonchev–Trinajstić information content (AvgIpc) is 2.84. The lowest BCUT2D eigenvalue weighted by Crippen LogP contribution is -2.26. The first-order valence-corrected chi connectivity index (χ1v) is 13.9. The third-order valence-electron chi connectivity index (χ3n) is 8.99. The Balaban J connectivity index is 1.22. The van der Waals surface area contributed by atoms with Crippen LogP contribution in [0.15, 0.2) is 30.3 Å². The molecule has 0 nitrogen and oxygen atoms in total. The molecule has 2 aromatic rings. The van der Waals surface area contributed by atoms with Gasteiger partial charge >= 0.3 is 0 Å². The van der Waals surface area contributed by atoms with Gasteiger partial charge in [0.25, 0.3) is 0 Å². The van der Waals surface area contributed by atoms with Crippen molar-refractivity contribution in [3.05, 3.63) is 47.3 Å². The Morgan fingerprint density at radius 3 is 2.03 bits per heavy atom. The maximum atomic E-state index is 15.1. The Morgan fingerprint density at radius 2 is 1.41 bits per heavy atom. The minimum absolute atomic E-state index is 0.0227. The highest BCUT2D eigenvalue weighted by atomic mass is 19.1. The smallest absolute Gasteiger partial charge is 0.134 e. The van der Waals surface area contributed by atoms with Crippen molar-refractivity contribution in [2.24, 2.45) is 23.7 Å². The molecule has 0 unspecified atom stereocenters. The summed E-state index contributed by atoms with van der Waals surface area (Å²) in [5.74, 6) is 3.83. The van der Waals surface area contributed by atoms with Crippen LogP contribution in [-0.2, 0) is 12.8 Å². The van der Waals surface area contributed by atoms with Gasteiger partial charge in [0.05, 0.1) is 0 Å². The molecule has 0 saturated heterocycles. The highest BCUT2D eigenvalue weighted by molar-refractivity contribution is 5.84. The average molecular weight is 437 g/mol. The quantitative estimate of drug-likeness (QED) is 0.343. The molecule has 176 valence electrons. The van der Waals surface area contributed by atoms with Crippen LogP contribution in [0, 0.1) is 29.5 Å². The van der Waals surface area contributed by atoms with E-state index in [4.69, 9.17) is 0 Å². The zero-order chi connectivity index (χ0) is 22.3. The van der Waals surface area contributed by atoms with Crippen molar-refractivity contribution < 1.29 is 4.39 Å². The van der Waals surface area contributed by atoms with E-state index in [0.717, 1.165) is 59.3 Å². The van der Waals surface area contributed by atoms with Gasteiger partial charge in [-0.15, -0.1) is 0 Å². The number of unbranched alkanes of at least 4 members (excludes halogenated alkanes) is 2. The van der Waals surface area contributed by atoms with Crippen LogP contribution in [0.4, 0.5) is 4.39 Å². The minimum atomic E-state index is 0.0227. The Morgan fingerprint density at radius 1 is 0.750 bits per heavy atom. The molecule has 2 aliphatic rings. The number of benzene rings is 2. The van der Waals surface area contributed by atoms with Crippen molar-refractivity contribution in [2.45, 2.75) is 110 Å². The van der Waals surface area contributed by atoms with Crippen LogP contribution in [0.25, 0.3) is 10.8 Å². The van der Waals surface area contributed by atoms with Gasteiger partial charge in [-0.1, -0.05) is 95.5 Å². The van der Waals surface area contributed by atoms with E-state index in [-0.39, 0.29) is 5.82 Å². The lowest BCUT2D eigenvalue weighted by molar-refractivity contribution is 0.140. The van der Waals surface area contributed by atoms with E-state index >= 15 is 4.39 Å². The number of rotatable bonds is 9. The predicted molar refractivity (Wildman–Crippen MR) is 137 cm³/mol. The molecule has 32 heavy (non-hydrogen) atoms. The molecule has 4 rings (SSSR count). The van der Waals surface area contributed by atoms with Crippen molar-refractivity contribution in [1.82, 2.24) is 0 Å². The fraction of sp³-hybridized carbons (Fsp3) is 0.677. The third-order valence-corrected chi connectivity index (χ3v) is 8.99. The number of hydrogen-bond acceptors (Lipinski definition) is 0. The molecule has 2 aliphatic carbocycles. The van der Waals surface area contributed by atoms with Crippen LogP contribution in [0.5, 0.6) is 0 Å². The van der Waals surface area contributed by atoms with E-state index in [1.54, 1.807) is 0 Å². The summed E-state index contributed by atoms with van der Waals surface area (Å²) in [5, 5.41) is 1.85. The highest BCUT2D eigenvalue weighted by Crippen LogP contribution is 2.43. The maximum Gasteiger partial charge on any atom is 0.134 e. The first-order chi connectivity index (χ1) is 15.7. The Labute approximate surface area is 196 Å². The van der Waals surface area contributed by atoms with Crippen molar-refractivity contribution in [3.8, 4) is 0 Å². The fourth-order valence-electron chi connectivity index (χ4n) is 6.74. The summed E-state index contributed by atoms with van der Waals surface area (Å²) in [5.41, 5.74) is 2.21. The normalized spacial score (nSPS) is 26.5. The Bertz CT molecular complexity index is 837. The van der Waals surface area contributed by atoms with Gasteiger partial charge in [0, 0.05) is 5.39 Å². The summed E-state index contributed by atoms with van der Waals surface area (Å²) < 4.78 is 15.1. The Hall–Kier alpha value is -1.37. The predicted octanol–water partition coefficient (Wildman–Crippen LogP) is 9.67. The van der Waals surface area contributed by atoms with Gasteiger partial charge in [0.1, 0.15) is 5.82 Å². The minimum Gasteiger partial charge on any atom is -0.206 e. The maximum absolute atomic E-state index is 15.1. The van der Waals surface area contributed by atoms with Crippen LogP contribution < -0.4 is 0 Å². The fourth-order valence-corrected chi connectivity index (χ4v) is 6.74. The topological polar surface area (TPSA) is 0 Å². The van der Waals surface area contributed by atoms with Crippen molar-refractivity contribution in [1.29, 1.82) is 0 Å². The molecule has 2 saturated carbocycles. The second-order valence-corrected chi connectivity index (χ2v) is 11.0. The first kappa shape index (κ1) is 23.8. The molecular formula is C31H45F. The van der Waals surface area contributed by atoms with E-state index in [2.05, 4.69) is 32.0 Å². The summed E-state index contributed by atoms with van der Waals surface area (Å²) in [6.07, 6.45) is 20.3. The van der Waals surface area contributed by atoms with Crippen LogP contribution in [0.3, 0.4) is 0 Å². The zero-order valence-corrected chi connectivity index (χ0v) is 20.7. The molecule has 0 aliphatic heterocycles. The number of fused-ring (bicyclic) bond motifs is 1. The molecule has 0 heterocycles. The lowest BCUT2D eigenvalue weighted by Gasteiger charge is -2.38. The largest absolute Gasteiger partial charge is 0.206 e. The lowest BCUT2D eigenvalue weighted by atomic mass is 9.68. The standard InChI is InChI=1S/C31H45F/c1-3-5-6-7-24-8-14-26(15-9-24)27-16-10-25(11-17-27)12-18-28-19-20-29-22-23(4-2)13-21-30(29)31(28)32/h13,19-22,24-27H,3-12,14-18H2,1-2H3. The molecule has 0 aromatic heterocycles. The van der Waals surface area contributed by atoms with Crippen LogP contribution in [0.1, 0.15) is 108 Å². The molecule has 0 amide bonds. The van der Waals surface area contributed by atoms with Gasteiger partial charge < -0.3 is 0 Å². The van der Waals surface area contributed by atoms with Gasteiger partial charge in [-0.25, -0.2) is 4.39 Å². The van der Waals surface area contributed by atoms with Crippen LogP contribution in [-0.4, -0.2) is 0 Å². The van der Waals surface area contributed by atoms with Gasteiger partial charge in [0.2, 0.25) is 0 Å². The van der Waals surface area contributed by atoms with Gasteiger partial charge in [-0.2, -0.15) is 0 Å². The monoisotopic (exact) mass is 436 g/mol. The molecular weight excluding hydrogens is 391 g/mol. The summed E-state index contributed by atoms with van der Waals surface area (Å²) in [6.45, 7) is 4.47. The van der Waals surface area contributed by atoms with E-state index in [0.29, 0.717) is 0 Å². The second kappa shape index (κ2) is 11.7. The molecule has 0 bridgehead atoms. The van der Waals surface area contributed by atoms with E-state index < -0.39 is 0 Å². The molecule has 0 spiro atoms. The molecule has 1 heteroatoms. The number of hydrogen-bond donors (Lipinski definition) is 0. The van der Waals surface area contributed by atoms with Crippen molar-refractivity contribution in [2.75, 3.05) is 0 Å². The molecule has 0 radical (unpaired) electrons. The van der Waals surface area contributed by atoms with E-state index in [1.807, 2.05) is 12.1 Å². The third kappa shape index (κ3) is 5.95. The van der Waals surface area contributed by atoms with E-state index in [9.17, 15) is 0 Å². The van der Waals surface area contributed by atoms with Crippen LogP contribution in [0.2, 0.25) is 0 Å². The Kier molecular flexibility index (Phi) is 8.67. The molecule has 2 fully saturated rings. The summed E-state index contributed by atoms with van der Waals surface area (Å²) in [4.78, 5) is 0. The first-order valence-electron chi connectivity index (χ1n) is 13.9. The second-order valence-electron chi connectivity index (χ2n) is 11.0. The van der Waals surface area contributed by atoms with E-state index in [1.165, 1.54) is 82.6 Å². The summed E-state index contributed by atoms with van der Waals surface area (Å²) in [7, 11) is 0. The van der Waals surface area contributed by atoms with Crippen molar-refractivity contribution >= 4 is 10.8 Å². The molecule has 2 aromatic carbocycles. The highest BCUT2D eigenvalue weighted by Gasteiger charge is 2.30.